The highest BCUT2D eigenvalue weighted by Gasteiger charge is 2.22. The van der Waals surface area contributed by atoms with E-state index in [0.717, 1.165) is 4.57 Å². The quantitative estimate of drug-likeness (QED) is 0.184. The molecule has 0 spiro atoms. The Morgan fingerprint density at radius 2 is 1.20 bits per heavy atom. The molecule has 0 amide bonds. The van der Waals surface area contributed by atoms with Crippen molar-refractivity contribution in [3.63, 3.8) is 0 Å². The van der Waals surface area contributed by atoms with Crippen molar-refractivity contribution in [3.8, 4) is 39.9 Å². The molecule has 5 nitrogen and oxygen atoms in total. The minimum atomic E-state index is -0.943. The lowest BCUT2D eigenvalue weighted by atomic mass is 9.99. The van der Waals surface area contributed by atoms with Crippen LogP contribution in [0.25, 0.3) is 104 Å². The van der Waals surface area contributed by atoms with Crippen LogP contribution in [0, 0.1) is 0 Å². The molecular weight excluding hydrogens is 645 g/mol. The van der Waals surface area contributed by atoms with Crippen LogP contribution >= 0.6 is 11.3 Å². The minimum Gasteiger partial charge on any atom is -0.456 e. The summed E-state index contributed by atoms with van der Waals surface area (Å²) in [5.74, 6) is -2.37. The first-order chi connectivity index (χ1) is 36.1. The second kappa shape index (κ2) is 10.9. The Balaban J connectivity index is 1.35. The largest absolute Gasteiger partial charge is 0.456 e. The van der Waals surface area contributed by atoms with E-state index in [-0.39, 0.29) is 31.1 Å². The molecule has 7 aromatic carbocycles. The summed E-state index contributed by atoms with van der Waals surface area (Å²) in [6.07, 6.45) is 0. The second-order valence-corrected chi connectivity index (χ2v) is 11.9. The van der Waals surface area contributed by atoms with Crippen molar-refractivity contribution < 1.29 is 40.1 Å². The summed E-state index contributed by atoms with van der Waals surface area (Å²) in [7, 11) is 0. The third-order valence-electron chi connectivity index (χ3n) is 8.06. The van der Waals surface area contributed by atoms with Crippen molar-refractivity contribution in [2.45, 2.75) is 0 Å². The van der Waals surface area contributed by atoms with Gasteiger partial charge in [0.25, 0.3) is 0 Å². The van der Waals surface area contributed by atoms with E-state index in [4.69, 9.17) is 31.8 Å². The summed E-state index contributed by atoms with van der Waals surface area (Å²) in [4.78, 5) is 13.6. The Morgan fingerprint density at radius 1 is 0.510 bits per heavy atom. The summed E-state index contributed by atoms with van der Waals surface area (Å²) < 4.78 is 237. The Morgan fingerprint density at radius 3 is 2.04 bits per heavy atom. The van der Waals surface area contributed by atoms with Crippen LogP contribution in [-0.2, 0) is 0 Å². The Bertz CT molecular complexity index is 4610. The van der Waals surface area contributed by atoms with Crippen LogP contribution in [0.4, 0.5) is 0 Å². The molecule has 0 atom stereocenters. The van der Waals surface area contributed by atoms with Gasteiger partial charge in [0, 0.05) is 48.1 Å². The first kappa shape index (κ1) is 12.9. The van der Waals surface area contributed by atoms with Gasteiger partial charge in [-0.2, -0.15) is 9.97 Å². The highest BCUT2D eigenvalue weighted by atomic mass is 32.1. The van der Waals surface area contributed by atoms with Gasteiger partial charge in [0.1, 0.15) is 11.2 Å². The summed E-state index contributed by atoms with van der Waals surface area (Å²) in [6, 6.07) is -20.6. The highest BCUT2D eigenvalue weighted by Crippen LogP contribution is 2.43. The Hall–Kier alpha value is -6.63. The van der Waals surface area contributed by atoms with Gasteiger partial charge in [-0.05, 0) is 41.3 Å². The lowest BCUT2D eigenvalue weighted by Gasteiger charge is -2.11. The van der Waals surface area contributed by atoms with Gasteiger partial charge in [-0.15, -0.1) is 11.3 Å². The maximum absolute atomic E-state index is 9.67. The molecule has 0 saturated carbocycles. The number of fused-ring (bicyclic) bond motifs is 10. The molecule has 0 bridgehead atoms. The molecule has 0 fully saturated rings. The molecule has 51 heavy (non-hydrogen) atoms. The number of benzene rings is 7. The van der Waals surface area contributed by atoms with Crippen LogP contribution in [0.1, 0.15) is 35.6 Å². The molecular formula is C45H26N4OS. The van der Waals surface area contributed by atoms with Crippen molar-refractivity contribution in [1.82, 2.24) is 19.5 Å². The number of furan rings is 1. The van der Waals surface area contributed by atoms with Gasteiger partial charge in [-0.3, -0.25) is 4.57 Å². The average Bonchev–Trinajstić information content (AvgIpc) is 4.31. The first-order valence-electron chi connectivity index (χ1n) is 27.8. The molecule has 0 aliphatic rings. The fraction of sp³-hybridized carbons (Fsp3) is 0. The van der Waals surface area contributed by atoms with Gasteiger partial charge in [0.2, 0.25) is 5.95 Å². The van der Waals surface area contributed by atoms with E-state index in [1.807, 2.05) is 0 Å². The second-order valence-electron chi connectivity index (χ2n) is 10.8. The van der Waals surface area contributed by atoms with Crippen molar-refractivity contribution in [2.75, 3.05) is 0 Å². The van der Waals surface area contributed by atoms with Gasteiger partial charge in [0.05, 0.1) is 51.4 Å². The zero-order valence-corrected chi connectivity index (χ0v) is 25.9. The predicted molar refractivity (Wildman–Crippen MR) is 211 cm³/mol. The maximum Gasteiger partial charge on any atom is 0.238 e. The fourth-order valence-electron chi connectivity index (χ4n) is 5.94. The Labute approximate surface area is 332 Å². The van der Waals surface area contributed by atoms with Crippen LogP contribution in [0.5, 0.6) is 0 Å². The normalized spacial score (nSPS) is 19.1. The lowest BCUT2D eigenvalue weighted by molar-refractivity contribution is 0.669. The molecule has 238 valence electrons. The summed E-state index contributed by atoms with van der Waals surface area (Å²) in [6.45, 7) is 0. The molecule has 0 radical (unpaired) electrons. The SMILES string of the molecule is [2H]c1c([2H])c([2H])c(-c2nc(-c3c([2H])c([2H])c4c(oc5c([2H])c([2H])c([2H])c(-c6c([2H])c([2H])c([2H])c([2H])c6[2H])c54)c3[2H])nc(-n3c4c([2H])c([2H])c([2H])c([2H])c4c4c([2H])c([2H])c5c(sc6c([2H])c([2H])c([2H])c([2H])c65)c43)n2)c([2H])c1[2H]. The molecule has 0 saturated heterocycles. The number of rotatable bonds is 4. The van der Waals surface area contributed by atoms with Crippen molar-refractivity contribution in [1.29, 1.82) is 0 Å². The number of aromatic nitrogens is 4. The van der Waals surface area contributed by atoms with Crippen LogP contribution < -0.4 is 0 Å². The third kappa shape index (κ3) is 4.30. The summed E-state index contributed by atoms with van der Waals surface area (Å²) in [5.41, 5.74) is -4.67. The number of nitrogens with zero attached hydrogens (tertiary/aromatic N) is 4. The average molecular weight is 697 g/mol. The van der Waals surface area contributed by atoms with E-state index in [0.29, 0.717) is 11.3 Å². The molecule has 4 heterocycles. The molecule has 0 aliphatic heterocycles. The van der Waals surface area contributed by atoms with Crippen molar-refractivity contribution >= 4 is 75.3 Å². The van der Waals surface area contributed by atoms with E-state index in [1.54, 1.807) is 0 Å². The monoisotopic (exact) mass is 696 g/mol. The molecule has 11 aromatic rings. The molecule has 0 unspecified atom stereocenters. The van der Waals surface area contributed by atoms with Gasteiger partial charge in [0.15, 0.2) is 11.6 Å². The summed E-state index contributed by atoms with van der Waals surface area (Å²) in [5, 5.41) is -2.08. The number of thiophene rings is 1. The topological polar surface area (TPSA) is 56.7 Å². The fourth-order valence-corrected chi connectivity index (χ4v) is 7.04. The maximum atomic E-state index is 9.67. The van der Waals surface area contributed by atoms with Crippen LogP contribution in [0.15, 0.2) is 162 Å². The van der Waals surface area contributed by atoms with Crippen LogP contribution in [0.3, 0.4) is 0 Å². The predicted octanol–water partition coefficient (Wildman–Crippen LogP) is 12.2. The van der Waals surface area contributed by atoms with E-state index in [2.05, 4.69) is 15.0 Å². The smallest absolute Gasteiger partial charge is 0.238 e. The lowest BCUT2D eigenvalue weighted by Crippen LogP contribution is -2.06. The minimum absolute atomic E-state index is 0.0921. The van der Waals surface area contributed by atoms with E-state index >= 15 is 0 Å². The van der Waals surface area contributed by atoms with E-state index in [9.17, 15) is 8.22 Å². The summed E-state index contributed by atoms with van der Waals surface area (Å²) >= 11 is 0.704. The molecule has 0 N–H and O–H groups in total. The van der Waals surface area contributed by atoms with Gasteiger partial charge in [-0.25, -0.2) is 4.98 Å². The molecule has 0 aliphatic carbocycles. The number of para-hydroxylation sites is 1. The Kier molecular flexibility index (Phi) is 2.77. The molecule has 6 heteroatoms. The zero-order valence-electron chi connectivity index (χ0n) is 51.1. The first-order valence-corrected chi connectivity index (χ1v) is 15.6. The van der Waals surface area contributed by atoms with Crippen LogP contribution in [-0.4, -0.2) is 19.5 Å². The number of hydrogen-bond acceptors (Lipinski definition) is 5. The van der Waals surface area contributed by atoms with Gasteiger partial charge in [-0.1, -0.05) is 127 Å². The zero-order chi connectivity index (χ0) is 56.1. The van der Waals surface area contributed by atoms with Crippen LogP contribution in [0.2, 0.25) is 0 Å². The van der Waals surface area contributed by atoms with Crippen molar-refractivity contribution in [2.24, 2.45) is 0 Å². The van der Waals surface area contributed by atoms with Gasteiger partial charge < -0.3 is 4.42 Å². The third-order valence-corrected chi connectivity index (χ3v) is 9.17. The van der Waals surface area contributed by atoms with Crippen molar-refractivity contribution in [3.05, 3.63) is 157 Å². The van der Waals surface area contributed by atoms with Gasteiger partial charge >= 0.3 is 0 Å². The molecule has 11 rings (SSSR count). The standard InChI is InChI=1S/C45H26N4OS/c1-3-12-27(13-4-1)30-18-11-20-37-40(30)35-23-22-29(26-38(35)50-37)44-46-43(28-14-5-2-6-15-28)47-45(48-44)49-36-19-9-7-16-31(36)33-24-25-34-32-17-8-10-21-39(32)51-42(34)41(33)49/h1-26H/i1D,2D,3D,4D,5D,6D,7D,8D,9D,10D,11D,12D,13D,14D,15D,16D,17D,18D,19D,20D,21D,22D,23D,24D,25D,26D. The van der Waals surface area contributed by atoms with E-state index < -0.39 is 230 Å². The molecule has 4 aromatic heterocycles. The highest BCUT2D eigenvalue weighted by molar-refractivity contribution is 7.26. The van der Waals surface area contributed by atoms with E-state index in [1.165, 1.54) is 0 Å². The number of hydrogen-bond donors (Lipinski definition) is 0.